The number of halogens is 3. The van der Waals surface area contributed by atoms with Crippen LogP contribution in [0, 0.1) is 6.92 Å². The molecule has 1 saturated carbocycles. The van der Waals surface area contributed by atoms with Crippen LogP contribution in [0.25, 0.3) is 11.3 Å². The molecule has 33 heavy (non-hydrogen) atoms. The zero-order valence-electron chi connectivity index (χ0n) is 17.9. The van der Waals surface area contributed by atoms with Gasteiger partial charge in [0.1, 0.15) is 11.6 Å². The van der Waals surface area contributed by atoms with Crippen LogP contribution in [0.2, 0.25) is 0 Å². The van der Waals surface area contributed by atoms with E-state index in [1.165, 1.54) is 12.1 Å². The fourth-order valence-corrected chi connectivity index (χ4v) is 4.87. The molecule has 174 valence electrons. The molecule has 0 amide bonds. The van der Waals surface area contributed by atoms with Crippen LogP contribution in [-0.2, 0) is 16.2 Å². The zero-order valence-corrected chi connectivity index (χ0v) is 18.7. The molecule has 2 N–H and O–H groups in total. The van der Waals surface area contributed by atoms with Gasteiger partial charge in [0.25, 0.3) is 10.0 Å². The molecule has 4 rings (SSSR count). The van der Waals surface area contributed by atoms with Crippen LogP contribution in [0.5, 0.6) is 0 Å². The Morgan fingerprint density at radius 2 is 1.64 bits per heavy atom. The summed E-state index contributed by atoms with van der Waals surface area (Å²) in [5.41, 5.74) is -0.430. The summed E-state index contributed by atoms with van der Waals surface area (Å²) in [6.45, 7) is 1.67. The Balaban J connectivity index is 1.66. The number of nitrogens with one attached hydrogen (secondary N) is 2. The number of rotatable bonds is 6. The third-order valence-corrected chi connectivity index (χ3v) is 6.80. The van der Waals surface area contributed by atoms with Crippen molar-refractivity contribution in [3.05, 3.63) is 65.7 Å². The van der Waals surface area contributed by atoms with E-state index in [1.54, 1.807) is 37.3 Å². The quantitative estimate of drug-likeness (QED) is 0.482. The van der Waals surface area contributed by atoms with Crippen molar-refractivity contribution < 1.29 is 21.6 Å². The van der Waals surface area contributed by atoms with Crippen LogP contribution in [0.4, 0.5) is 24.8 Å². The molecular weight excluding hydrogens is 453 g/mol. The Morgan fingerprint density at radius 3 is 2.33 bits per heavy atom. The van der Waals surface area contributed by atoms with E-state index in [-0.39, 0.29) is 28.1 Å². The third-order valence-electron chi connectivity index (χ3n) is 5.55. The summed E-state index contributed by atoms with van der Waals surface area (Å²) in [5, 5.41) is 2.99. The molecule has 0 atom stereocenters. The number of benzene rings is 1. The minimum atomic E-state index is -4.65. The maximum atomic E-state index is 13.6. The molecule has 1 aliphatic carbocycles. The van der Waals surface area contributed by atoms with Gasteiger partial charge in [0.2, 0.25) is 0 Å². The van der Waals surface area contributed by atoms with Crippen molar-refractivity contribution in [2.24, 2.45) is 0 Å². The Morgan fingerprint density at radius 1 is 0.909 bits per heavy atom. The number of hydrogen-bond donors (Lipinski definition) is 2. The highest BCUT2D eigenvalue weighted by Crippen LogP contribution is 2.38. The van der Waals surface area contributed by atoms with Gasteiger partial charge in [0.05, 0.1) is 11.3 Å². The molecule has 0 aliphatic heterocycles. The minimum Gasteiger partial charge on any atom is -0.367 e. The van der Waals surface area contributed by atoms with Gasteiger partial charge >= 0.3 is 6.18 Å². The van der Waals surface area contributed by atoms with Crippen LogP contribution in [0.1, 0.15) is 36.8 Å². The van der Waals surface area contributed by atoms with Crippen molar-refractivity contribution >= 4 is 21.7 Å². The summed E-state index contributed by atoms with van der Waals surface area (Å²) in [6.07, 6.45) is -0.439. The fraction of sp³-hybridized carbons (Fsp3) is 0.304. The average molecular weight is 477 g/mol. The molecular formula is C23H23F3N4O2S. The Labute approximate surface area is 190 Å². The molecule has 0 bridgehead atoms. The van der Waals surface area contributed by atoms with Crippen molar-refractivity contribution in [2.75, 3.05) is 10.0 Å². The highest BCUT2D eigenvalue weighted by Gasteiger charge is 2.35. The fourth-order valence-electron chi connectivity index (χ4n) is 3.90. The lowest BCUT2D eigenvalue weighted by Crippen LogP contribution is -2.19. The Kier molecular flexibility index (Phi) is 6.29. The number of sulfonamides is 1. The second-order valence-electron chi connectivity index (χ2n) is 8.00. The van der Waals surface area contributed by atoms with Crippen LogP contribution < -0.4 is 10.0 Å². The van der Waals surface area contributed by atoms with Crippen molar-refractivity contribution in [2.45, 2.75) is 49.9 Å². The molecule has 0 radical (unpaired) electrons. The van der Waals surface area contributed by atoms with Crippen LogP contribution in [0.3, 0.4) is 0 Å². The molecule has 6 nitrogen and oxygen atoms in total. The van der Waals surface area contributed by atoms with E-state index in [0.717, 1.165) is 37.8 Å². The molecule has 1 fully saturated rings. The van der Waals surface area contributed by atoms with Crippen LogP contribution >= 0.6 is 0 Å². The molecule has 1 aromatic carbocycles. The topological polar surface area (TPSA) is 84.0 Å². The van der Waals surface area contributed by atoms with Gasteiger partial charge in [-0.1, -0.05) is 43.2 Å². The van der Waals surface area contributed by atoms with Crippen molar-refractivity contribution in [1.82, 2.24) is 9.97 Å². The maximum Gasteiger partial charge on any atom is 0.418 e. The molecule has 0 saturated heterocycles. The van der Waals surface area contributed by atoms with Crippen LogP contribution in [0.15, 0.2) is 59.6 Å². The number of anilines is 2. The first kappa shape index (κ1) is 23.0. The SMILES string of the molecule is Cc1ccccc1-c1nc(NS(=O)(=O)c2cccc(NC3CCCC3)n2)ccc1C(F)(F)F. The summed E-state index contributed by atoms with van der Waals surface area (Å²) in [4.78, 5) is 8.22. The maximum absolute atomic E-state index is 13.6. The monoisotopic (exact) mass is 476 g/mol. The number of hydrogen-bond acceptors (Lipinski definition) is 5. The van der Waals surface area contributed by atoms with E-state index >= 15 is 0 Å². The molecule has 0 unspecified atom stereocenters. The van der Waals surface area contributed by atoms with Crippen molar-refractivity contribution in [3.63, 3.8) is 0 Å². The predicted molar refractivity (Wildman–Crippen MR) is 120 cm³/mol. The van der Waals surface area contributed by atoms with Gasteiger partial charge < -0.3 is 5.32 Å². The van der Waals surface area contributed by atoms with Gasteiger partial charge in [-0.25, -0.2) is 9.97 Å². The van der Waals surface area contributed by atoms with Crippen LogP contribution in [-0.4, -0.2) is 24.4 Å². The number of alkyl halides is 3. The van der Waals surface area contributed by atoms with E-state index in [2.05, 4.69) is 20.0 Å². The molecule has 10 heteroatoms. The van der Waals surface area contributed by atoms with Gasteiger partial charge in [0, 0.05) is 11.6 Å². The first-order valence-corrected chi connectivity index (χ1v) is 12.0. The van der Waals surface area contributed by atoms with Crippen molar-refractivity contribution in [1.29, 1.82) is 0 Å². The molecule has 0 spiro atoms. The van der Waals surface area contributed by atoms with E-state index in [9.17, 15) is 21.6 Å². The molecule has 3 aromatic rings. The van der Waals surface area contributed by atoms with E-state index in [4.69, 9.17) is 0 Å². The summed E-state index contributed by atoms with van der Waals surface area (Å²) in [5.74, 6) is 0.211. The Bertz CT molecular complexity index is 1260. The van der Waals surface area contributed by atoms with Gasteiger partial charge in [-0.3, -0.25) is 4.72 Å². The average Bonchev–Trinajstić information content (AvgIpc) is 3.26. The summed E-state index contributed by atoms with van der Waals surface area (Å²) < 4.78 is 69.0. The normalized spacial score (nSPS) is 14.9. The van der Waals surface area contributed by atoms with E-state index in [0.29, 0.717) is 11.4 Å². The van der Waals surface area contributed by atoms with Gasteiger partial charge in [-0.05, 0) is 49.6 Å². The number of aryl methyl sites for hydroxylation is 1. The second kappa shape index (κ2) is 9.01. The van der Waals surface area contributed by atoms with Crippen molar-refractivity contribution in [3.8, 4) is 11.3 Å². The predicted octanol–water partition coefficient (Wildman–Crippen LogP) is 5.63. The lowest BCUT2D eigenvalue weighted by atomic mass is 10.0. The molecule has 1 aliphatic rings. The first-order chi connectivity index (χ1) is 15.6. The summed E-state index contributed by atoms with van der Waals surface area (Å²) in [7, 11) is -4.17. The molecule has 2 aromatic heterocycles. The summed E-state index contributed by atoms with van der Waals surface area (Å²) >= 11 is 0. The Hall–Kier alpha value is -3.14. The van der Waals surface area contributed by atoms with Gasteiger partial charge in [0.15, 0.2) is 5.03 Å². The number of aromatic nitrogens is 2. The standard InChI is InChI=1S/C23H23F3N4O2S/c1-15-7-2-5-10-17(15)22-18(23(24,25)26)13-14-20(29-22)30-33(31,32)21-12-6-11-19(28-21)27-16-8-3-4-9-16/h2,5-7,10-14,16H,3-4,8-9H2,1H3,(H,27,28)(H,29,30). The lowest BCUT2D eigenvalue weighted by molar-refractivity contribution is -0.137. The largest absolute Gasteiger partial charge is 0.418 e. The lowest BCUT2D eigenvalue weighted by Gasteiger charge is -2.16. The summed E-state index contributed by atoms with van der Waals surface area (Å²) in [6, 6.07) is 13.2. The zero-order chi connectivity index (χ0) is 23.6. The highest BCUT2D eigenvalue weighted by molar-refractivity contribution is 7.92. The molecule has 2 heterocycles. The smallest absolute Gasteiger partial charge is 0.367 e. The second-order valence-corrected chi connectivity index (χ2v) is 9.63. The highest BCUT2D eigenvalue weighted by atomic mass is 32.2. The van der Waals surface area contributed by atoms with Gasteiger partial charge in [-0.2, -0.15) is 21.6 Å². The first-order valence-electron chi connectivity index (χ1n) is 10.5. The van der Waals surface area contributed by atoms with E-state index in [1.807, 2.05) is 0 Å². The number of nitrogens with zero attached hydrogens (tertiary/aromatic N) is 2. The van der Waals surface area contributed by atoms with Gasteiger partial charge in [-0.15, -0.1) is 0 Å². The number of pyridine rings is 2. The van der Waals surface area contributed by atoms with E-state index < -0.39 is 21.8 Å². The minimum absolute atomic E-state index is 0.225. The third kappa shape index (κ3) is 5.27.